The molecule has 1 amide bonds. The van der Waals surface area contributed by atoms with Crippen molar-refractivity contribution < 1.29 is 13.9 Å². The minimum absolute atomic E-state index is 0.0104. The van der Waals surface area contributed by atoms with Crippen LogP contribution in [0.3, 0.4) is 0 Å². The van der Waals surface area contributed by atoms with E-state index in [4.69, 9.17) is 10.5 Å². The van der Waals surface area contributed by atoms with E-state index in [-0.39, 0.29) is 11.3 Å². The number of carbonyl (C=O) groups excluding carboxylic acids is 1. The first-order valence-electron chi connectivity index (χ1n) is 10.6. The zero-order valence-corrected chi connectivity index (χ0v) is 18.1. The molecule has 0 unspecified atom stereocenters. The number of benzene rings is 1. The molecule has 4 aromatic rings. The van der Waals surface area contributed by atoms with Gasteiger partial charge in [0.15, 0.2) is 17.3 Å². The van der Waals surface area contributed by atoms with E-state index in [9.17, 15) is 9.18 Å². The van der Waals surface area contributed by atoms with Gasteiger partial charge in [-0.05, 0) is 49.5 Å². The van der Waals surface area contributed by atoms with E-state index in [2.05, 4.69) is 26.9 Å². The number of carbonyl (C=O) groups is 1. The van der Waals surface area contributed by atoms with Gasteiger partial charge in [-0.25, -0.2) is 13.9 Å². The van der Waals surface area contributed by atoms with E-state index < -0.39 is 11.7 Å². The Balaban J connectivity index is 1.45. The fourth-order valence-electron chi connectivity index (χ4n) is 3.87. The summed E-state index contributed by atoms with van der Waals surface area (Å²) >= 11 is 0. The third-order valence-corrected chi connectivity index (χ3v) is 5.82. The summed E-state index contributed by atoms with van der Waals surface area (Å²) in [5, 5.41) is 4.31. The number of likely N-dealkylation sites (N-methyl/N-ethyl adjacent to an activating group) is 1. The predicted molar refractivity (Wildman–Crippen MR) is 123 cm³/mol. The van der Waals surface area contributed by atoms with Gasteiger partial charge in [-0.1, -0.05) is 0 Å². The van der Waals surface area contributed by atoms with Crippen molar-refractivity contribution >= 4 is 17.2 Å². The number of hydrogen-bond acceptors (Lipinski definition) is 6. The molecule has 0 spiro atoms. The molecule has 4 heterocycles. The summed E-state index contributed by atoms with van der Waals surface area (Å²) in [5.74, 6) is -0.0107. The van der Waals surface area contributed by atoms with Gasteiger partial charge in [-0.15, -0.1) is 0 Å². The van der Waals surface area contributed by atoms with Crippen molar-refractivity contribution in [2.45, 2.75) is 0 Å². The lowest BCUT2D eigenvalue weighted by Crippen LogP contribution is -2.44. The van der Waals surface area contributed by atoms with E-state index >= 15 is 0 Å². The van der Waals surface area contributed by atoms with Crippen molar-refractivity contribution in [1.29, 1.82) is 0 Å². The van der Waals surface area contributed by atoms with Crippen LogP contribution in [0.15, 0.2) is 61.1 Å². The van der Waals surface area contributed by atoms with Crippen molar-refractivity contribution in [2.75, 3.05) is 38.1 Å². The Morgan fingerprint density at radius 2 is 1.85 bits per heavy atom. The fourth-order valence-corrected chi connectivity index (χ4v) is 3.87. The molecule has 1 aliphatic heterocycles. The van der Waals surface area contributed by atoms with Gasteiger partial charge in [0, 0.05) is 55.3 Å². The molecule has 0 aliphatic carbocycles. The number of amides is 1. The van der Waals surface area contributed by atoms with Crippen LogP contribution in [0, 0.1) is 5.82 Å². The van der Waals surface area contributed by atoms with Gasteiger partial charge >= 0.3 is 0 Å². The number of piperazine rings is 1. The molecule has 1 aromatic carbocycles. The lowest BCUT2D eigenvalue weighted by atomic mass is 10.1. The summed E-state index contributed by atoms with van der Waals surface area (Å²) in [5.41, 5.74) is 7.70. The molecule has 8 nitrogen and oxygen atoms in total. The Bertz CT molecular complexity index is 1310. The van der Waals surface area contributed by atoms with Gasteiger partial charge in [0.05, 0.1) is 6.20 Å². The molecule has 0 bridgehead atoms. The van der Waals surface area contributed by atoms with E-state index in [0.29, 0.717) is 11.3 Å². The maximum absolute atomic E-state index is 14.5. The number of fused-ring (bicyclic) bond motifs is 1. The fraction of sp³-hybridized carbons (Fsp3) is 0.208. The molecule has 33 heavy (non-hydrogen) atoms. The average Bonchev–Trinajstić information content (AvgIpc) is 3.30. The second kappa shape index (κ2) is 8.51. The number of rotatable bonds is 5. The quantitative estimate of drug-likeness (QED) is 0.507. The first kappa shape index (κ1) is 20.9. The Morgan fingerprint density at radius 1 is 1.03 bits per heavy atom. The number of aromatic nitrogens is 3. The summed E-state index contributed by atoms with van der Waals surface area (Å²) in [4.78, 5) is 20.5. The van der Waals surface area contributed by atoms with Crippen LogP contribution < -0.4 is 15.4 Å². The molecule has 0 radical (unpaired) electrons. The van der Waals surface area contributed by atoms with Crippen molar-refractivity contribution in [3.63, 3.8) is 0 Å². The maximum atomic E-state index is 14.5. The lowest BCUT2D eigenvalue weighted by molar-refractivity contribution is 0.1000. The monoisotopic (exact) mass is 446 g/mol. The summed E-state index contributed by atoms with van der Waals surface area (Å²) in [6.07, 6.45) is 5.35. The highest BCUT2D eigenvalue weighted by atomic mass is 19.1. The number of ether oxygens (including phenoxy) is 1. The van der Waals surface area contributed by atoms with E-state index in [1.165, 1.54) is 12.1 Å². The average molecular weight is 446 g/mol. The van der Waals surface area contributed by atoms with Gasteiger partial charge in [0.25, 0.3) is 0 Å². The van der Waals surface area contributed by atoms with Gasteiger partial charge in [0.2, 0.25) is 5.91 Å². The van der Waals surface area contributed by atoms with Crippen LogP contribution in [0.1, 0.15) is 10.4 Å². The van der Waals surface area contributed by atoms with Crippen LogP contribution in [0.5, 0.6) is 11.5 Å². The van der Waals surface area contributed by atoms with Crippen molar-refractivity contribution in [2.24, 2.45) is 5.73 Å². The van der Waals surface area contributed by atoms with Crippen LogP contribution in [0.25, 0.3) is 16.6 Å². The highest BCUT2D eigenvalue weighted by Gasteiger charge is 2.16. The number of anilines is 1. The number of primary amides is 1. The molecule has 9 heteroatoms. The number of hydrogen-bond donors (Lipinski definition) is 1. The van der Waals surface area contributed by atoms with Crippen LogP contribution in [-0.2, 0) is 0 Å². The Morgan fingerprint density at radius 3 is 2.55 bits per heavy atom. The van der Waals surface area contributed by atoms with Crippen LogP contribution in [0.4, 0.5) is 10.2 Å². The molecule has 5 rings (SSSR count). The molecule has 168 valence electrons. The molecular weight excluding hydrogens is 423 g/mol. The highest BCUT2D eigenvalue weighted by molar-refractivity contribution is 5.92. The summed E-state index contributed by atoms with van der Waals surface area (Å²) < 4.78 is 22.1. The van der Waals surface area contributed by atoms with E-state index in [1.54, 1.807) is 16.8 Å². The zero-order valence-electron chi connectivity index (χ0n) is 18.1. The highest BCUT2D eigenvalue weighted by Crippen LogP contribution is 2.33. The van der Waals surface area contributed by atoms with Crippen LogP contribution in [0.2, 0.25) is 0 Å². The molecule has 1 aliphatic rings. The Kier molecular flexibility index (Phi) is 5.39. The smallest absolute Gasteiger partial charge is 0.248 e. The summed E-state index contributed by atoms with van der Waals surface area (Å²) in [7, 11) is 2.12. The van der Waals surface area contributed by atoms with Gasteiger partial charge in [0.1, 0.15) is 11.3 Å². The van der Waals surface area contributed by atoms with Gasteiger partial charge in [-0.2, -0.15) is 5.10 Å². The molecule has 1 saturated heterocycles. The number of nitrogens with two attached hydrogens (primary N) is 1. The van der Waals surface area contributed by atoms with Crippen LogP contribution >= 0.6 is 0 Å². The molecule has 0 atom stereocenters. The molecular formula is C24H23FN6O2. The lowest BCUT2D eigenvalue weighted by Gasteiger charge is -2.33. The van der Waals surface area contributed by atoms with Gasteiger partial charge < -0.3 is 20.3 Å². The zero-order chi connectivity index (χ0) is 22.9. The first-order chi connectivity index (χ1) is 16.0. The predicted octanol–water partition coefficient (Wildman–Crippen LogP) is 3.18. The standard InChI is InChI=1S/C24H23FN6O2/c1-29-8-10-30(11-9-29)23-5-3-17(14-27-23)18-13-22(20-6-7-28-31(20)15-18)33-21-4-2-16(24(26)32)12-19(21)25/h2-7,12-15H,8-11H2,1H3,(H2,26,32). The second-order valence-corrected chi connectivity index (χ2v) is 8.06. The number of halogens is 1. The Hall–Kier alpha value is -3.98. The summed E-state index contributed by atoms with van der Waals surface area (Å²) in [6, 6.07) is 11.5. The minimum Gasteiger partial charge on any atom is -0.452 e. The van der Waals surface area contributed by atoms with Crippen molar-refractivity contribution in [1.82, 2.24) is 19.5 Å². The topological polar surface area (TPSA) is 89.0 Å². The number of nitrogens with zero attached hydrogens (tertiary/aromatic N) is 5. The third-order valence-electron chi connectivity index (χ3n) is 5.82. The number of pyridine rings is 2. The molecule has 3 aromatic heterocycles. The first-order valence-corrected chi connectivity index (χ1v) is 10.6. The normalized spacial score (nSPS) is 14.5. The second-order valence-electron chi connectivity index (χ2n) is 8.06. The minimum atomic E-state index is -0.701. The van der Waals surface area contributed by atoms with E-state index in [0.717, 1.165) is 49.2 Å². The Labute approximate surface area is 190 Å². The van der Waals surface area contributed by atoms with Gasteiger partial charge in [-0.3, -0.25) is 4.79 Å². The molecule has 0 saturated carbocycles. The molecule has 2 N–H and O–H groups in total. The molecule has 1 fully saturated rings. The van der Waals surface area contributed by atoms with Crippen molar-refractivity contribution in [3.05, 3.63) is 72.4 Å². The van der Waals surface area contributed by atoms with Crippen molar-refractivity contribution in [3.8, 4) is 22.6 Å². The maximum Gasteiger partial charge on any atom is 0.248 e. The van der Waals surface area contributed by atoms with E-state index in [1.807, 2.05) is 30.6 Å². The SMILES string of the molecule is CN1CCN(c2ccc(-c3cc(Oc4ccc(C(N)=O)cc4F)c4ccnn4c3)cn2)CC1. The third kappa shape index (κ3) is 4.22. The van der Waals surface area contributed by atoms with Crippen LogP contribution in [-0.4, -0.2) is 58.6 Å². The summed E-state index contributed by atoms with van der Waals surface area (Å²) in [6.45, 7) is 3.91. The largest absolute Gasteiger partial charge is 0.452 e.